The first kappa shape index (κ1) is 19.4. The zero-order chi connectivity index (χ0) is 19.3. The Hall–Kier alpha value is -1.41. The number of halogens is 5. The van der Waals surface area contributed by atoms with Gasteiger partial charge in [-0.05, 0) is 53.0 Å². The molecule has 0 amide bonds. The molecule has 1 aromatic carbocycles. The fourth-order valence-electron chi connectivity index (χ4n) is 3.45. The van der Waals surface area contributed by atoms with E-state index in [9.17, 15) is 22.7 Å². The number of alkyl halides is 3. The van der Waals surface area contributed by atoms with Crippen molar-refractivity contribution < 1.29 is 27.4 Å². The lowest BCUT2D eigenvalue weighted by Crippen LogP contribution is -2.54. The first-order valence-corrected chi connectivity index (χ1v) is 8.91. The fourth-order valence-corrected chi connectivity index (χ4v) is 3.89. The van der Waals surface area contributed by atoms with Crippen molar-refractivity contribution in [2.24, 2.45) is 10.9 Å². The molecule has 0 saturated heterocycles. The van der Waals surface area contributed by atoms with Gasteiger partial charge < -0.3 is 9.84 Å². The number of aliphatic hydroxyl groups is 1. The Kier molecular flexibility index (Phi) is 4.72. The van der Waals surface area contributed by atoms with E-state index in [1.54, 1.807) is 6.92 Å². The molecule has 2 heterocycles. The van der Waals surface area contributed by atoms with Gasteiger partial charge in [0.1, 0.15) is 21.8 Å². The summed E-state index contributed by atoms with van der Waals surface area (Å²) >= 11 is 3.17. The van der Waals surface area contributed by atoms with Gasteiger partial charge in [-0.25, -0.2) is 4.39 Å². The standard InChI is InChI=1S/C18H18BrF4NO2/c1-10-8-24-15(19)5-11(10)7-17(25,18(21,22)23)9-16(2)13-6-12(20)3-4-14(13)26-16/h3-6,10,25H,7-9H2,1-2H3. The highest BCUT2D eigenvalue weighted by Gasteiger charge is 2.59. The molecule has 0 aromatic heterocycles. The topological polar surface area (TPSA) is 41.8 Å². The summed E-state index contributed by atoms with van der Waals surface area (Å²) in [6, 6.07) is 3.71. The summed E-state index contributed by atoms with van der Waals surface area (Å²) in [5, 5.41) is 10.6. The Bertz CT molecular complexity index is 792. The molecule has 1 aromatic rings. The molecular formula is C18H18BrF4NO2. The molecule has 0 saturated carbocycles. The average molecular weight is 436 g/mol. The van der Waals surface area contributed by atoms with Crippen molar-refractivity contribution in [3.63, 3.8) is 0 Å². The normalized spacial score (nSPS) is 27.5. The number of rotatable bonds is 4. The molecule has 0 fully saturated rings. The number of dihydropyridines is 1. The Morgan fingerprint density at radius 3 is 2.73 bits per heavy atom. The zero-order valence-corrected chi connectivity index (χ0v) is 15.8. The lowest BCUT2D eigenvalue weighted by Gasteiger charge is -2.46. The lowest BCUT2D eigenvalue weighted by atomic mass is 9.75. The lowest BCUT2D eigenvalue weighted by molar-refractivity contribution is -0.276. The van der Waals surface area contributed by atoms with Crippen molar-refractivity contribution in [2.45, 2.75) is 44.1 Å². The third-order valence-electron chi connectivity index (χ3n) is 4.95. The molecule has 1 N–H and O–H groups in total. The maximum absolute atomic E-state index is 13.8. The fraction of sp³-hybridized carbons (Fsp3) is 0.500. The number of aliphatic imine (C=N–C) groups is 1. The predicted molar refractivity (Wildman–Crippen MR) is 93.1 cm³/mol. The Morgan fingerprint density at radius 1 is 1.38 bits per heavy atom. The predicted octanol–water partition coefficient (Wildman–Crippen LogP) is 4.88. The van der Waals surface area contributed by atoms with Crippen LogP contribution in [0.5, 0.6) is 5.75 Å². The molecular weight excluding hydrogens is 418 g/mol. The van der Waals surface area contributed by atoms with Crippen LogP contribution < -0.4 is 4.74 Å². The number of allylic oxidation sites excluding steroid dienone is 1. The molecule has 142 valence electrons. The third kappa shape index (κ3) is 3.41. The minimum Gasteiger partial charge on any atom is -0.482 e. The highest BCUT2D eigenvalue weighted by molar-refractivity contribution is 9.18. The third-order valence-corrected chi connectivity index (χ3v) is 5.43. The van der Waals surface area contributed by atoms with Gasteiger partial charge in [-0.15, -0.1) is 0 Å². The second kappa shape index (κ2) is 6.34. The van der Waals surface area contributed by atoms with Gasteiger partial charge in [0.25, 0.3) is 0 Å². The largest absolute Gasteiger partial charge is 0.482 e. The maximum Gasteiger partial charge on any atom is 0.417 e. The van der Waals surface area contributed by atoms with E-state index < -0.39 is 36.0 Å². The summed E-state index contributed by atoms with van der Waals surface area (Å²) in [6.45, 7) is 3.54. The average Bonchev–Trinajstić information content (AvgIpc) is 2.51. The molecule has 0 bridgehead atoms. The summed E-state index contributed by atoms with van der Waals surface area (Å²) in [6.07, 6.45) is -4.67. The van der Waals surface area contributed by atoms with E-state index in [4.69, 9.17) is 4.74 Å². The summed E-state index contributed by atoms with van der Waals surface area (Å²) in [5.41, 5.74) is -3.63. The Labute approximate surface area is 156 Å². The van der Waals surface area contributed by atoms with E-state index in [1.165, 1.54) is 25.1 Å². The number of nitrogens with zero attached hydrogens (tertiary/aromatic N) is 1. The van der Waals surface area contributed by atoms with Gasteiger partial charge in [-0.2, -0.15) is 13.2 Å². The number of fused-ring (bicyclic) bond motifs is 1. The maximum atomic E-state index is 13.8. The van der Waals surface area contributed by atoms with Crippen LogP contribution in [0.1, 0.15) is 32.3 Å². The van der Waals surface area contributed by atoms with Gasteiger partial charge in [0.05, 0.1) is 0 Å². The van der Waals surface area contributed by atoms with Gasteiger partial charge in [0.2, 0.25) is 0 Å². The molecule has 2 aliphatic rings. The second-order valence-electron chi connectivity index (χ2n) is 7.14. The molecule has 0 radical (unpaired) electrons. The molecule has 2 aliphatic heterocycles. The molecule has 3 nitrogen and oxygen atoms in total. The van der Waals surface area contributed by atoms with Gasteiger partial charge in [0, 0.05) is 24.9 Å². The van der Waals surface area contributed by atoms with Crippen LogP contribution >= 0.6 is 15.9 Å². The first-order valence-electron chi connectivity index (χ1n) is 8.12. The van der Waals surface area contributed by atoms with Crippen molar-refractivity contribution in [3.8, 4) is 5.75 Å². The minimum atomic E-state index is -4.87. The van der Waals surface area contributed by atoms with E-state index in [-0.39, 0.29) is 5.92 Å². The van der Waals surface area contributed by atoms with Crippen LogP contribution in [0.25, 0.3) is 0 Å². The van der Waals surface area contributed by atoms with Crippen molar-refractivity contribution in [2.75, 3.05) is 6.54 Å². The van der Waals surface area contributed by atoms with Crippen LogP contribution in [0.15, 0.2) is 34.8 Å². The molecule has 3 unspecified atom stereocenters. The Balaban J connectivity index is 1.91. The number of ether oxygens (including phenoxy) is 1. The quantitative estimate of drug-likeness (QED) is 0.684. The molecule has 0 spiro atoms. The summed E-state index contributed by atoms with van der Waals surface area (Å²) in [7, 11) is 0. The molecule has 26 heavy (non-hydrogen) atoms. The van der Waals surface area contributed by atoms with Crippen LogP contribution in [0, 0.1) is 11.7 Å². The van der Waals surface area contributed by atoms with Crippen molar-refractivity contribution >= 4 is 20.6 Å². The van der Waals surface area contributed by atoms with Crippen molar-refractivity contribution in [1.82, 2.24) is 0 Å². The second-order valence-corrected chi connectivity index (χ2v) is 7.95. The van der Waals surface area contributed by atoms with E-state index >= 15 is 0 Å². The zero-order valence-electron chi connectivity index (χ0n) is 14.2. The van der Waals surface area contributed by atoms with Gasteiger partial charge in [-0.1, -0.05) is 12.5 Å². The van der Waals surface area contributed by atoms with Crippen LogP contribution in [-0.4, -0.2) is 28.0 Å². The molecule has 3 atom stereocenters. The van der Waals surface area contributed by atoms with E-state index in [2.05, 4.69) is 20.9 Å². The number of hydrogen-bond acceptors (Lipinski definition) is 3. The van der Waals surface area contributed by atoms with Gasteiger partial charge >= 0.3 is 6.18 Å². The summed E-state index contributed by atoms with van der Waals surface area (Å²) in [5.74, 6) is -0.443. The van der Waals surface area contributed by atoms with Crippen LogP contribution in [0.4, 0.5) is 17.6 Å². The number of benzene rings is 1. The van der Waals surface area contributed by atoms with Crippen LogP contribution in [0.2, 0.25) is 0 Å². The smallest absolute Gasteiger partial charge is 0.417 e. The number of hydrogen-bond donors (Lipinski definition) is 1. The van der Waals surface area contributed by atoms with E-state index in [1.807, 2.05) is 0 Å². The van der Waals surface area contributed by atoms with Crippen LogP contribution in [0.3, 0.4) is 0 Å². The monoisotopic (exact) mass is 435 g/mol. The van der Waals surface area contributed by atoms with Crippen molar-refractivity contribution in [3.05, 3.63) is 41.2 Å². The molecule has 8 heteroatoms. The minimum absolute atomic E-state index is 0.218. The summed E-state index contributed by atoms with van der Waals surface area (Å²) in [4.78, 5) is 4.12. The van der Waals surface area contributed by atoms with E-state index in [0.717, 1.165) is 6.07 Å². The molecule has 3 rings (SSSR count). The van der Waals surface area contributed by atoms with Crippen LogP contribution in [-0.2, 0) is 5.60 Å². The van der Waals surface area contributed by atoms with E-state index in [0.29, 0.717) is 28.1 Å². The van der Waals surface area contributed by atoms with Gasteiger partial charge in [-0.3, -0.25) is 4.99 Å². The Morgan fingerprint density at radius 2 is 2.08 bits per heavy atom. The highest BCUT2D eigenvalue weighted by Crippen LogP contribution is 2.52. The van der Waals surface area contributed by atoms with Crippen molar-refractivity contribution in [1.29, 1.82) is 0 Å². The van der Waals surface area contributed by atoms with Gasteiger partial charge in [0.15, 0.2) is 5.60 Å². The SMILES string of the molecule is CC1CN=C(Br)C=C1CC(O)(CC1(C)Oc2ccc(F)cc21)C(F)(F)F. The first-order chi connectivity index (χ1) is 11.9. The highest BCUT2D eigenvalue weighted by atomic mass is 79.9. The molecule has 0 aliphatic carbocycles. The summed E-state index contributed by atoms with van der Waals surface area (Å²) < 4.78 is 60.8.